The molecule has 1 amide bonds. The molecular weight excluding hydrogens is 413 g/mol. The van der Waals surface area contributed by atoms with Crippen LogP contribution in [0.1, 0.15) is 50.8 Å². The van der Waals surface area contributed by atoms with Crippen molar-refractivity contribution in [3.8, 4) is 11.1 Å². The van der Waals surface area contributed by atoms with Gasteiger partial charge in [0.15, 0.2) is 0 Å². The lowest BCUT2D eigenvalue weighted by atomic mass is 9.92. The molecule has 0 aliphatic carbocycles. The van der Waals surface area contributed by atoms with E-state index in [2.05, 4.69) is 15.6 Å². The Kier molecular flexibility index (Phi) is 7.65. The zero-order valence-electron chi connectivity index (χ0n) is 18.9. The molecule has 3 radical (unpaired) electrons. The van der Waals surface area contributed by atoms with Crippen molar-refractivity contribution in [2.45, 2.75) is 58.7 Å². The molecule has 31 heavy (non-hydrogen) atoms. The minimum Gasteiger partial charge on any atom is -0.466 e. The highest BCUT2D eigenvalue weighted by Crippen LogP contribution is 2.32. The third-order valence-electron chi connectivity index (χ3n) is 4.57. The van der Waals surface area contributed by atoms with Gasteiger partial charge in [-0.2, -0.15) is 0 Å². The van der Waals surface area contributed by atoms with Crippen LogP contribution in [-0.2, 0) is 19.4 Å². The first kappa shape index (κ1) is 24.6. The molecular formula is C24H29FNO4Si. The lowest BCUT2D eigenvalue weighted by molar-refractivity contribution is -0.144. The molecule has 0 heterocycles. The van der Waals surface area contributed by atoms with Crippen LogP contribution in [0, 0.1) is 19.7 Å². The van der Waals surface area contributed by atoms with Crippen molar-refractivity contribution >= 4 is 22.3 Å². The van der Waals surface area contributed by atoms with Crippen molar-refractivity contribution in [1.29, 1.82) is 0 Å². The first-order chi connectivity index (χ1) is 14.3. The summed E-state index contributed by atoms with van der Waals surface area (Å²) in [6.45, 7) is 10.9. The van der Waals surface area contributed by atoms with E-state index in [0.717, 1.165) is 22.3 Å². The maximum Gasteiger partial charge on any atom is 0.408 e. The van der Waals surface area contributed by atoms with Crippen LogP contribution < -0.4 is 5.32 Å². The average Bonchev–Trinajstić information content (AvgIpc) is 2.59. The van der Waals surface area contributed by atoms with Gasteiger partial charge in [-0.3, -0.25) is 4.79 Å². The molecule has 0 aliphatic heterocycles. The van der Waals surface area contributed by atoms with E-state index in [1.165, 1.54) is 12.1 Å². The summed E-state index contributed by atoms with van der Waals surface area (Å²) in [5, 5.41) is 1.51. The van der Waals surface area contributed by atoms with Gasteiger partial charge in [-0.15, -0.1) is 0 Å². The number of carbonyl (C=O) groups excluding carboxylic acids is 2. The second-order valence-electron chi connectivity index (χ2n) is 8.51. The molecule has 2 aromatic carbocycles. The maximum atomic E-state index is 13.8. The molecule has 0 saturated carbocycles. The number of ether oxygens (including phenoxy) is 2. The average molecular weight is 443 g/mol. The fourth-order valence-corrected chi connectivity index (χ4v) is 3.83. The minimum absolute atomic E-state index is 0.151. The number of benzene rings is 2. The number of esters is 1. The molecule has 7 heteroatoms. The molecule has 1 N–H and O–H groups in total. The predicted molar refractivity (Wildman–Crippen MR) is 119 cm³/mol. The van der Waals surface area contributed by atoms with Gasteiger partial charge in [-0.25, -0.2) is 9.18 Å². The number of rotatable bonds is 6. The highest BCUT2D eigenvalue weighted by atomic mass is 28.1. The van der Waals surface area contributed by atoms with Crippen molar-refractivity contribution in [3.05, 3.63) is 58.9 Å². The Hall–Kier alpha value is -2.67. The van der Waals surface area contributed by atoms with E-state index < -0.39 is 22.8 Å². The number of hydrogen-bond donors (Lipinski definition) is 1. The molecule has 1 atom stereocenters. The van der Waals surface area contributed by atoms with Crippen LogP contribution in [0.3, 0.4) is 0 Å². The van der Waals surface area contributed by atoms with Crippen LogP contribution in [0.2, 0.25) is 0 Å². The van der Waals surface area contributed by atoms with Crippen LogP contribution >= 0.6 is 0 Å². The third kappa shape index (κ3) is 6.65. The van der Waals surface area contributed by atoms with Gasteiger partial charge in [-0.05, 0) is 87.6 Å². The Bertz CT molecular complexity index is 947. The summed E-state index contributed by atoms with van der Waals surface area (Å²) in [4.78, 5) is 24.8. The Labute approximate surface area is 186 Å². The monoisotopic (exact) mass is 442 g/mol. The molecule has 2 rings (SSSR count). The van der Waals surface area contributed by atoms with Crippen LogP contribution in [-0.4, -0.2) is 34.5 Å². The quantitative estimate of drug-likeness (QED) is 0.510. The molecule has 0 bridgehead atoms. The number of hydrogen-bond acceptors (Lipinski definition) is 4. The summed E-state index contributed by atoms with van der Waals surface area (Å²) in [7, 11) is 3.62. The molecule has 0 spiro atoms. The highest BCUT2D eigenvalue weighted by molar-refractivity contribution is 6.18. The number of amides is 1. The number of carbonyl (C=O) groups is 2. The van der Waals surface area contributed by atoms with Crippen molar-refractivity contribution in [3.63, 3.8) is 0 Å². The van der Waals surface area contributed by atoms with E-state index in [1.807, 2.05) is 32.0 Å². The number of alkyl carbamates (subject to hydrolysis) is 1. The fourth-order valence-electron chi connectivity index (χ4n) is 3.43. The fraction of sp³-hybridized carbons (Fsp3) is 0.417. The normalized spacial score (nSPS) is 13.3. The smallest absolute Gasteiger partial charge is 0.408 e. The summed E-state index contributed by atoms with van der Waals surface area (Å²) < 4.78 is 24.3. The Balaban J connectivity index is 2.50. The van der Waals surface area contributed by atoms with Gasteiger partial charge < -0.3 is 14.8 Å². The second-order valence-corrected chi connectivity index (χ2v) is 9.36. The van der Waals surface area contributed by atoms with Gasteiger partial charge in [-0.1, -0.05) is 18.2 Å². The van der Waals surface area contributed by atoms with E-state index >= 15 is 0 Å². The summed E-state index contributed by atoms with van der Waals surface area (Å²) in [5.41, 5.74) is 3.24. The lowest BCUT2D eigenvalue weighted by Gasteiger charge is -2.32. The zero-order valence-corrected chi connectivity index (χ0v) is 19.9. The van der Waals surface area contributed by atoms with Gasteiger partial charge in [0.2, 0.25) is 0 Å². The number of nitrogens with one attached hydrogen (secondary N) is 1. The van der Waals surface area contributed by atoms with E-state index in [1.54, 1.807) is 33.8 Å². The van der Waals surface area contributed by atoms with Crippen LogP contribution in [0.15, 0.2) is 36.4 Å². The topological polar surface area (TPSA) is 64.6 Å². The number of halogens is 1. The summed E-state index contributed by atoms with van der Waals surface area (Å²) in [6.07, 6.45) is -0.826. The molecule has 165 valence electrons. The van der Waals surface area contributed by atoms with Crippen LogP contribution in [0.5, 0.6) is 0 Å². The molecule has 0 saturated heterocycles. The lowest BCUT2D eigenvalue weighted by Crippen LogP contribution is -2.49. The van der Waals surface area contributed by atoms with Gasteiger partial charge in [0.1, 0.15) is 11.4 Å². The first-order valence-corrected chi connectivity index (χ1v) is 10.6. The number of aryl methyl sites for hydroxylation is 2. The SMILES string of the molecule is CCOC(=O)C[C@@]([Si])(NC(=O)OC(C)(C)C)c1cccc(-c2c(C)cc(F)cc2C)c1. The van der Waals surface area contributed by atoms with Crippen molar-refractivity contribution in [2.24, 2.45) is 0 Å². The van der Waals surface area contributed by atoms with Crippen LogP contribution in [0.25, 0.3) is 11.1 Å². The first-order valence-electron chi connectivity index (χ1n) is 10.1. The Morgan fingerprint density at radius 1 is 1.10 bits per heavy atom. The molecule has 5 nitrogen and oxygen atoms in total. The standard InChI is InChI=1S/C24H29FNO4Si/c1-7-29-20(27)14-24(31,26-22(28)30-23(4,5)6)18-10-8-9-17(13-18)21-15(2)11-19(25)12-16(21)3/h8-13H,7,14H2,1-6H3,(H,26,28)/t24-/m0/s1. The summed E-state index contributed by atoms with van der Waals surface area (Å²) in [5.74, 6) is -0.772. The van der Waals surface area contributed by atoms with E-state index in [4.69, 9.17) is 9.47 Å². The highest BCUT2D eigenvalue weighted by Gasteiger charge is 2.34. The maximum absolute atomic E-state index is 13.8. The zero-order chi connectivity index (χ0) is 23.4. The third-order valence-corrected chi connectivity index (χ3v) is 5.16. The Morgan fingerprint density at radius 2 is 1.71 bits per heavy atom. The summed E-state index contributed by atoms with van der Waals surface area (Å²) in [6, 6.07) is 10.3. The van der Waals surface area contributed by atoms with Gasteiger partial charge in [0.25, 0.3) is 0 Å². The van der Waals surface area contributed by atoms with Gasteiger partial charge in [0, 0.05) is 0 Å². The molecule has 0 aromatic heterocycles. The Morgan fingerprint density at radius 3 is 2.26 bits per heavy atom. The predicted octanol–water partition coefficient (Wildman–Crippen LogP) is 4.91. The van der Waals surface area contributed by atoms with Crippen molar-refractivity contribution < 1.29 is 23.5 Å². The molecule has 0 fully saturated rings. The van der Waals surface area contributed by atoms with Crippen molar-refractivity contribution in [2.75, 3.05) is 6.61 Å². The molecule has 2 aromatic rings. The van der Waals surface area contributed by atoms with Gasteiger partial charge >= 0.3 is 12.1 Å². The molecule has 0 unspecified atom stereocenters. The second kappa shape index (κ2) is 9.64. The van der Waals surface area contributed by atoms with Crippen LogP contribution in [0.4, 0.5) is 9.18 Å². The largest absolute Gasteiger partial charge is 0.466 e. The van der Waals surface area contributed by atoms with E-state index in [-0.39, 0.29) is 18.8 Å². The van der Waals surface area contributed by atoms with Gasteiger partial charge in [0.05, 0.1) is 28.4 Å². The minimum atomic E-state index is -1.26. The van der Waals surface area contributed by atoms with E-state index in [0.29, 0.717) is 5.56 Å². The van der Waals surface area contributed by atoms with E-state index in [9.17, 15) is 14.0 Å². The van der Waals surface area contributed by atoms with Crippen molar-refractivity contribution in [1.82, 2.24) is 5.32 Å². The summed E-state index contributed by atoms with van der Waals surface area (Å²) >= 11 is 0. The molecule has 0 aliphatic rings.